The molecule has 0 aromatic carbocycles. The van der Waals surface area contributed by atoms with Crippen LogP contribution in [-0.4, -0.2) is 11.6 Å². The van der Waals surface area contributed by atoms with Crippen LogP contribution in [0.1, 0.15) is 108 Å². The van der Waals surface area contributed by atoms with Gasteiger partial charge >= 0.3 is 0 Å². The SMILES string of the molecule is CC/C=C\CC(=O)CC(C)(C)C.CC/C=C\CC(C)(C)C(=O)CC(C)(C)C. The Morgan fingerprint density at radius 1 is 0.667 bits per heavy atom. The maximum atomic E-state index is 12.0. The molecule has 0 aliphatic carbocycles. The van der Waals surface area contributed by atoms with Gasteiger partial charge in [0.2, 0.25) is 0 Å². The fraction of sp³-hybridized carbons (Fsp3) is 0.760. The summed E-state index contributed by atoms with van der Waals surface area (Å²) in [7, 11) is 0. The predicted octanol–water partition coefficient (Wildman–Crippen LogP) is 7.72. The summed E-state index contributed by atoms with van der Waals surface area (Å²) < 4.78 is 0. The van der Waals surface area contributed by atoms with E-state index in [1.807, 2.05) is 26.0 Å². The zero-order valence-corrected chi connectivity index (χ0v) is 19.9. The van der Waals surface area contributed by atoms with E-state index in [1.165, 1.54) is 0 Å². The first-order valence-electron chi connectivity index (χ1n) is 10.5. The van der Waals surface area contributed by atoms with Crippen molar-refractivity contribution in [1.29, 1.82) is 0 Å². The number of hydrogen-bond acceptors (Lipinski definition) is 2. The van der Waals surface area contributed by atoms with E-state index in [1.54, 1.807) is 0 Å². The molecule has 2 heteroatoms. The molecule has 0 atom stereocenters. The molecule has 0 aromatic rings. The van der Waals surface area contributed by atoms with E-state index in [9.17, 15) is 9.59 Å². The third kappa shape index (κ3) is 19.4. The molecule has 0 heterocycles. The lowest BCUT2D eigenvalue weighted by Crippen LogP contribution is -2.27. The van der Waals surface area contributed by atoms with Crippen LogP contribution in [0.4, 0.5) is 0 Å². The molecule has 0 unspecified atom stereocenters. The zero-order valence-electron chi connectivity index (χ0n) is 19.9. The molecule has 0 saturated carbocycles. The van der Waals surface area contributed by atoms with Gasteiger partial charge in [-0.3, -0.25) is 9.59 Å². The van der Waals surface area contributed by atoms with Crippen LogP contribution in [0.25, 0.3) is 0 Å². The molecular formula is C25H46O2. The molecule has 0 aromatic heterocycles. The van der Waals surface area contributed by atoms with Gasteiger partial charge in [0.05, 0.1) is 0 Å². The maximum Gasteiger partial charge on any atom is 0.139 e. The standard InChI is InChI=1S/C14H26O.C11H20O/c1-7-8-9-10-14(5,6)12(15)11-13(2,3)4;1-5-6-7-8-10(12)9-11(2,3)4/h8-9H,7,10-11H2,1-6H3;6-7H,5,8-9H2,1-4H3/b9-8-;7-6-. The molecule has 0 rings (SSSR count). The molecule has 0 N–H and O–H groups in total. The predicted molar refractivity (Wildman–Crippen MR) is 120 cm³/mol. The molecule has 0 spiro atoms. The quantitative estimate of drug-likeness (QED) is 0.385. The average molecular weight is 379 g/mol. The molecule has 0 fully saturated rings. The van der Waals surface area contributed by atoms with E-state index in [0.717, 1.165) is 19.3 Å². The van der Waals surface area contributed by atoms with Gasteiger partial charge < -0.3 is 0 Å². The average Bonchev–Trinajstić information content (AvgIpc) is 2.44. The zero-order chi connectivity index (χ0) is 21.7. The topological polar surface area (TPSA) is 34.1 Å². The normalized spacial score (nSPS) is 13.0. The number of ketones is 2. The number of allylic oxidation sites excluding steroid dienone is 4. The number of rotatable bonds is 9. The maximum absolute atomic E-state index is 12.0. The van der Waals surface area contributed by atoms with Crippen molar-refractivity contribution in [3.63, 3.8) is 0 Å². The van der Waals surface area contributed by atoms with Crippen molar-refractivity contribution in [3.05, 3.63) is 24.3 Å². The Morgan fingerprint density at radius 3 is 1.52 bits per heavy atom. The van der Waals surface area contributed by atoms with Crippen LogP contribution in [0.15, 0.2) is 24.3 Å². The Bertz CT molecular complexity index is 479. The van der Waals surface area contributed by atoms with E-state index in [2.05, 4.69) is 67.5 Å². The van der Waals surface area contributed by atoms with Gasteiger partial charge in [-0.1, -0.05) is 93.5 Å². The van der Waals surface area contributed by atoms with Crippen molar-refractivity contribution in [3.8, 4) is 0 Å². The fourth-order valence-electron chi connectivity index (χ4n) is 2.42. The van der Waals surface area contributed by atoms with E-state index < -0.39 is 0 Å². The second-order valence-electron chi connectivity index (χ2n) is 10.5. The molecule has 0 amide bonds. The van der Waals surface area contributed by atoms with Gasteiger partial charge in [-0.25, -0.2) is 0 Å². The minimum absolute atomic E-state index is 0.100. The Kier molecular flexibility index (Phi) is 13.6. The fourth-order valence-corrected chi connectivity index (χ4v) is 2.42. The van der Waals surface area contributed by atoms with Crippen LogP contribution in [-0.2, 0) is 9.59 Å². The Labute approximate surface area is 169 Å². The van der Waals surface area contributed by atoms with Crippen molar-refractivity contribution in [2.45, 2.75) is 108 Å². The smallest absolute Gasteiger partial charge is 0.139 e. The highest BCUT2D eigenvalue weighted by Gasteiger charge is 2.29. The van der Waals surface area contributed by atoms with Crippen molar-refractivity contribution < 1.29 is 9.59 Å². The van der Waals surface area contributed by atoms with Gasteiger partial charge in [0.1, 0.15) is 11.6 Å². The molecular weight excluding hydrogens is 332 g/mol. The summed E-state index contributed by atoms with van der Waals surface area (Å²) in [5.74, 6) is 0.711. The van der Waals surface area contributed by atoms with Crippen molar-refractivity contribution >= 4 is 11.6 Å². The van der Waals surface area contributed by atoms with Crippen LogP contribution in [0.5, 0.6) is 0 Å². The second-order valence-corrected chi connectivity index (χ2v) is 10.5. The highest BCUT2D eigenvalue weighted by atomic mass is 16.1. The first-order chi connectivity index (χ1) is 12.1. The highest BCUT2D eigenvalue weighted by molar-refractivity contribution is 5.84. The number of carbonyl (C=O) groups is 2. The summed E-state index contributed by atoms with van der Waals surface area (Å²) in [4.78, 5) is 23.3. The van der Waals surface area contributed by atoms with Gasteiger partial charge in [-0.2, -0.15) is 0 Å². The second kappa shape index (κ2) is 13.1. The van der Waals surface area contributed by atoms with Crippen LogP contribution in [0.2, 0.25) is 0 Å². The molecule has 0 radical (unpaired) electrons. The van der Waals surface area contributed by atoms with Crippen LogP contribution >= 0.6 is 0 Å². The first-order valence-corrected chi connectivity index (χ1v) is 10.5. The summed E-state index contributed by atoms with van der Waals surface area (Å²) >= 11 is 0. The molecule has 2 nitrogen and oxygen atoms in total. The van der Waals surface area contributed by atoms with Crippen molar-refractivity contribution in [2.24, 2.45) is 16.2 Å². The van der Waals surface area contributed by atoms with Gasteiger partial charge in [-0.15, -0.1) is 0 Å². The highest BCUT2D eigenvalue weighted by Crippen LogP contribution is 2.30. The molecule has 158 valence electrons. The summed E-state index contributed by atoms with van der Waals surface area (Å²) in [5, 5.41) is 0. The van der Waals surface area contributed by atoms with Gasteiger partial charge in [0.15, 0.2) is 0 Å². The van der Waals surface area contributed by atoms with Crippen LogP contribution in [0, 0.1) is 16.2 Å². The molecule has 0 aliphatic rings. The minimum atomic E-state index is -0.209. The summed E-state index contributed by atoms with van der Waals surface area (Å²) in [6, 6.07) is 0. The third-order valence-electron chi connectivity index (χ3n) is 3.95. The van der Waals surface area contributed by atoms with E-state index >= 15 is 0 Å². The van der Waals surface area contributed by atoms with E-state index in [0.29, 0.717) is 30.8 Å². The molecule has 0 aliphatic heterocycles. The lowest BCUT2D eigenvalue weighted by atomic mass is 9.77. The Balaban J connectivity index is 0. The van der Waals surface area contributed by atoms with Gasteiger partial charge in [-0.05, 0) is 30.1 Å². The lowest BCUT2D eigenvalue weighted by molar-refractivity contribution is -0.128. The van der Waals surface area contributed by atoms with Crippen LogP contribution < -0.4 is 0 Å². The number of Topliss-reactive ketones (excluding diaryl/α,β-unsaturated/α-hetero) is 2. The van der Waals surface area contributed by atoms with Crippen molar-refractivity contribution in [1.82, 2.24) is 0 Å². The Morgan fingerprint density at radius 2 is 1.11 bits per heavy atom. The first kappa shape index (κ1) is 28.0. The summed E-state index contributed by atoms with van der Waals surface area (Å²) in [6.45, 7) is 20.9. The number of carbonyl (C=O) groups excluding carboxylic acids is 2. The minimum Gasteiger partial charge on any atom is -0.299 e. The van der Waals surface area contributed by atoms with Gasteiger partial charge in [0, 0.05) is 24.7 Å². The number of hydrogen-bond donors (Lipinski definition) is 0. The largest absolute Gasteiger partial charge is 0.299 e. The third-order valence-corrected chi connectivity index (χ3v) is 3.95. The van der Waals surface area contributed by atoms with E-state index in [-0.39, 0.29) is 16.2 Å². The monoisotopic (exact) mass is 378 g/mol. The Hall–Kier alpha value is -1.18. The molecule has 0 bridgehead atoms. The molecule has 0 saturated heterocycles. The van der Waals surface area contributed by atoms with Gasteiger partial charge in [0.25, 0.3) is 0 Å². The molecule has 27 heavy (non-hydrogen) atoms. The van der Waals surface area contributed by atoms with Crippen LogP contribution in [0.3, 0.4) is 0 Å². The van der Waals surface area contributed by atoms with E-state index in [4.69, 9.17) is 0 Å². The van der Waals surface area contributed by atoms with Crippen molar-refractivity contribution in [2.75, 3.05) is 0 Å². The lowest BCUT2D eigenvalue weighted by Gasteiger charge is -2.26. The summed E-state index contributed by atoms with van der Waals surface area (Å²) in [5.41, 5.74) is 0.0267. The summed E-state index contributed by atoms with van der Waals surface area (Å²) in [6.07, 6.45) is 13.1.